The quantitative estimate of drug-likeness (QED) is 0.896. The summed E-state index contributed by atoms with van der Waals surface area (Å²) in [6.45, 7) is 2.53. The van der Waals surface area contributed by atoms with Gasteiger partial charge in [-0.25, -0.2) is 4.39 Å². The lowest BCUT2D eigenvalue weighted by molar-refractivity contribution is 0.628. The highest BCUT2D eigenvalue weighted by Crippen LogP contribution is 2.19. The molecule has 2 aromatic rings. The van der Waals surface area contributed by atoms with Crippen LogP contribution in [0.15, 0.2) is 36.4 Å². The number of hydrogen-bond acceptors (Lipinski definition) is 2. The van der Waals surface area contributed by atoms with Crippen molar-refractivity contribution >= 4 is 17.3 Å². The second-order valence-electron chi connectivity index (χ2n) is 3.75. The third-order valence-electron chi connectivity index (χ3n) is 2.34. The predicted molar refractivity (Wildman–Crippen MR) is 67.7 cm³/mol. The van der Waals surface area contributed by atoms with Crippen molar-refractivity contribution in [3.8, 4) is 0 Å². The van der Waals surface area contributed by atoms with Crippen LogP contribution in [-0.4, -0.2) is 4.98 Å². The first-order valence-corrected chi connectivity index (χ1v) is 5.64. The lowest BCUT2D eigenvalue weighted by Crippen LogP contribution is -2.02. The first-order valence-electron chi connectivity index (χ1n) is 5.26. The normalized spacial score (nSPS) is 10.3. The molecule has 0 unspecified atom stereocenters. The van der Waals surface area contributed by atoms with Gasteiger partial charge in [0.2, 0.25) is 0 Å². The minimum Gasteiger partial charge on any atom is -0.379 e. The van der Waals surface area contributed by atoms with Gasteiger partial charge in [0, 0.05) is 11.4 Å². The van der Waals surface area contributed by atoms with Crippen molar-refractivity contribution in [1.29, 1.82) is 0 Å². The fourth-order valence-corrected chi connectivity index (χ4v) is 1.68. The van der Waals surface area contributed by atoms with Crippen LogP contribution in [-0.2, 0) is 6.54 Å². The largest absolute Gasteiger partial charge is 0.379 e. The van der Waals surface area contributed by atoms with Gasteiger partial charge in [0.05, 0.1) is 17.3 Å². The van der Waals surface area contributed by atoms with Gasteiger partial charge >= 0.3 is 0 Å². The lowest BCUT2D eigenvalue weighted by atomic mass is 10.3. The number of rotatable bonds is 3. The van der Waals surface area contributed by atoms with Gasteiger partial charge in [-0.05, 0) is 37.3 Å². The predicted octanol–water partition coefficient (Wildman–Crippen LogP) is 3.79. The van der Waals surface area contributed by atoms with Crippen molar-refractivity contribution in [3.63, 3.8) is 0 Å². The number of nitrogens with one attached hydrogen (secondary N) is 1. The van der Waals surface area contributed by atoms with Crippen LogP contribution in [0.1, 0.15) is 11.4 Å². The Bertz CT molecular complexity index is 529. The van der Waals surface area contributed by atoms with Crippen molar-refractivity contribution in [1.82, 2.24) is 4.98 Å². The molecule has 1 aromatic carbocycles. The summed E-state index contributed by atoms with van der Waals surface area (Å²) < 4.78 is 12.9. The second kappa shape index (κ2) is 5.15. The molecule has 0 aliphatic rings. The molecule has 0 aliphatic carbocycles. The maximum absolute atomic E-state index is 12.9. The fraction of sp³-hybridized carbons (Fsp3) is 0.154. The van der Waals surface area contributed by atoms with Gasteiger partial charge in [-0.2, -0.15) is 0 Å². The molecule has 0 amide bonds. The maximum Gasteiger partial charge on any atom is 0.141 e. The molecular weight excluding hydrogens is 239 g/mol. The van der Waals surface area contributed by atoms with Crippen LogP contribution in [0.4, 0.5) is 10.1 Å². The summed E-state index contributed by atoms with van der Waals surface area (Å²) in [5, 5.41) is 3.26. The Morgan fingerprint density at radius 1 is 1.29 bits per heavy atom. The Hall–Kier alpha value is -1.61. The van der Waals surface area contributed by atoms with Crippen molar-refractivity contribution in [2.24, 2.45) is 0 Å². The highest BCUT2D eigenvalue weighted by atomic mass is 35.5. The third-order valence-corrected chi connectivity index (χ3v) is 2.63. The molecule has 0 fully saturated rings. The summed E-state index contributed by atoms with van der Waals surface area (Å²) in [5.74, 6) is -0.411. The number of pyridine rings is 1. The van der Waals surface area contributed by atoms with Gasteiger partial charge in [-0.3, -0.25) is 4.98 Å². The standard InChI is InChI=1S/C13H12ClFN2/c1-9-3-2-4-11(17-9)8-16-10-5-6-13(15)12(14)7-10/h2-7,16H,8H2,1H3. The van der Waals surface area contributed by atoms with Gasteiger partial charge in [-0.15, -0.1) is 0 Å². The van der Waals surface area contributed by atoms with E-state index in [-0.39, 0.29) is 5.02 Å². The molecule has 2 rings (SSSR count). The number of anilines is 1. The maximum atomic E-state index is 12.9. The number of benzene rings is 1. The van der Waals surface area contributed by atoms with E-state index < -0.39 is 5.82 Å². The van der Waals surface area contributed by atoms with E-state index in [4.69, 9.17) is 11.6 Å². The molecule has 1 aromatic heterocycles. The van der Waals surface area contributed by atoms with E-state index in [1.54, 1.807) is 12.1 Å². The molecule has 1 heterocycles. The number of nitrogens with zero attached hydrogens (tertiary/aromatic N) is 1. The average molecular weight is 251 g/mol. The smallest absolute Gasteiger partial charge is 0.141 e. The topological polar surface area (TPSA) is 24.9 Å². The fourth-order valence-electron chi connectivity index (χ4n) is 1.50. The van der Waals surface area contributed by atoms with Crippen LogP contribution in [0.2, 0.25) is 5.02 Å². The van der Waals surface area contributed by atoms with Crippen LogP contribution < -0.4 is 5.32 Å². The summed E-state index contributed by atoms with van der Waals surface area (Å²) in [5.41, 5.74) is 2.69. The Kier molecular flexibility index (Phi) is 3.59. The van der Waals surface area contributed by atoms with Gasteiger partial charge < -0.3 is 5.32 Å². The molecule has 2 nitrogen and oxygen atoms in total. The number of hydrogen-bond donors (Lipinski definition) is 1. The van der Waals surface area contributed by atoms with Gasteiger partial charge in [0.25, 0.3) is 0 Å². The average Bonchev–Trinajstić information content (AvgIpc) is 2.31. The van der Waals surface area contributed by atoms with E-state index >= 15 is 0 Å². The SMILES string of the molecule is Cc1cccc(CNc2ccc(F)c(Cl)c2)n1. The lowest BCUT2D eigenvalue weighted by Gasteiger charge is -2.07. The molecule has 17 heavy (non-hydrogen) atoms. The van der Waals surface area contributed by atoms with Gasteiger partial charge in [-0.1, -0.05) is 17.7 Å². The summed E-state index contributed by atoms with van der Waals surface area (Å²) in [4.78, 5) is 4.36. The Labute approximate surface area is 104 Å². The van der Waals surface area contributed by atoms with Gasteiger partial charge in [0.1, 0.15) is 5.82 Å². The zero-order valence-electron chi connectivity index (χ0n) is 9.37. The monoisotopic (exact) mass is 250 g/mol. The Balaban J connectivity index is 2.05. The Morgan fingerprint density at radius 2 is 2.12 bits per heavy atom. The van der Waals surface area contributed by atoms with Crippen LogP contribution in [0.25, 0.3) is 0 Å². The molecule has 88 valence electrons. The molecule has 0 bridgehead atoms. The van der Waals surface area contributed by atoms with Crippen molar-refractivity contribution < 1.29 is 4.39 Å². The zero-order valence-corrected chi connectivity index (χ0v) is 10.1. The summed E-state index contributed by atoms with van der Waals surface area (Å²) in [6, 6.07) is 10.4. The third kappa shape index (κ3) is 3.17. The molecular formula is C13H12ClFN2. The summed E-state index contributed by atoms with van der Waals surface area (Å²) in [7, 11) is 0. The van der Waals surface area contributed by atoms with E-state index in [1.807, 2.05) is 25.1 Å². The van der Waals surface area contributed by atoms with Crippen LogP contribution in [0, 0.1) is 12.7 Å². The highest BCUT2D eigenvalue weighted by molar-refractivity contribution is 6.31. The molecule has 0 aliphatic heterocycles. The first-order chi connectivity index (χ1) is 8.15. The van der Waals surface area contributed by atoms with Crippen molar-refractivity contribution in [2.45, 2.75) is 13.5 Å². The van der Waals surface area contributed by atoms with Crippen molar-refractivity contribution in [3.05, 3.63) is 58.6 Å². The Morgan fingerprint density at radius 3 is 2.82 bits per heavy atom. The molecule has 0 atom stereocenters. The van der Waals surface area contributed by atoms with E-state index in [1.165, 1.54) is 6.07 Å². The van der Waals surface area contributed by atoms with E-state index in [9.17, 15) is 4.39 Å². The highest BCUT2D eigenvalue weighted by Gasteiger charge is 2.01. The van der Waals surface area contributed by atoms with Crippen molar-refractivity contribution in [2.75, 3.05) is 5.32 Å². The van der Waals surface area contributed by atoms with E-state index in [0.717, 1.165) is 17.1 Å². The summed E-state index contributed by atoms with van der Waals surface area (Å²) >= 11 is 5.69. The number of aryl methyl sites for hydroxylation is 1. The van der Waals surface area contributed by atoms with Gasteiger partial charge in [0.15, 0.2) is 0 Å². The minimum absolute atomic E-state index is 0.118. The molecule has 1 N–H and O–H groups in total. The van der Waals surface area contributed by atoms with Crippen LogP contribution in [0.5, 0.6) is 0 Å². The van der Waals surface area contributed by atoms with Crippen LogP contribution in [0.3, 0.4) is 0 Å². The zero-order chi connectivity index (χ0) is 12.3. The molecule has 0 radical (unpaired) electrons. The minimum atomic E-state index is -0.411. The molecule has 0 saturated carbocycles. The second-order valence-corrected chi connectivity index (χ2v) is 4.16. The molecule has 4 heteroatoms. The van der Waals surface area contributed by atoms with E-state index in [0.29, 0.717) is 6.54 Å². The number of halogens is 2. The van der Waals surface area contributed by atoms with E-state index in [2.05, 4.69) is 10.3 Å². The number of aromatic nitrogens is 1. The molecule has 0 saturated heterocycles. The summed E-state index contributed by atoms with van der Waals surface area (Å²) in [6.07, 6.45) is 0. The van der Waals surface area contributed by atoms with Crippen LogP contribution >= 0.6 is 11.6 Å². The first kappa shape index (κ1) is 11.9. The molecule has 0 spiro atoms.